The Morgan fingerprint density at radius 1 is 1.53 bits per heavy atom. The standard InChI is InChI=1S/C10H14N4O5/c1-2-3-4-11-8(15)6-13-5-7(14(18)19)9(16)12-10(13)17/h5H,2-4,6H2,1H3,(H,11,15)(H,12,16,17). The maximum atomic E-state index is 11.5. The van der Waals surface area contributed by atoms with Crippen molar-refractivity contribution in [3.05, 3.63) is 37.1 Å². The number of H-pyrrole nitrogens is 1. The van der Waals surface area contributed by atoms with Crippen LogP contribution in [0.5, 0.6) is 0 Å². The average molecular weight is 270 g/mol. The van der Waals surface area contributed by atoms with E-state index in [1.54, 1.807) is 4.98 Å². The third-order valence-electron chi connectivity index (χ3n) is 2.36. The van der Waals surface area contributed by atoms with E-state index in [9.17, 15) is 24.5 Å². The molecule has 0 radical (unpaired) electrons. The summed E-state index contributed by atoms with van der Waals surface area (Å²) in [6.45, 7) is 2.05. The molecule has 0 aliphatic heterocycles. The van der Waals surface area contributed by atoms with Crippen LogP contribution >= 0.6 is 0 Å². The maximum absolute atomic E-state index is 11.5. The first kappa shape index (κ1) is 14.6. The zero-order valence-electron chi connectivity index (χ0n) is 10.3. The molecule has 2 N–H and O–H groups in total. The Hall–Kier alpha value is -2.45. The number of aromatic nitrogens is 2. The summed E-state index contributed by atoms with van der Waals surface area (Å²) in [6.07, 6.45) is 2.47. The maximum Gasteiger partial charge on any atom is 0.350 e. The molecule has 1 rings (SSSR count). The van der Waals surface area contributed by atoms with Crippen LogP contribution in [0.4, 0.5) is 5.69 Å². The summed E-state index contributed by atoms with van der Waals surface area (Å²) in [5.74, 6) is -0.447. The fourth-order valence-corrected chi connectivity index (χ4v) is 1.36. The van der Waals surface area contributed by atoms with E-state index in [-0.39, 0.29) is 6.54 Å². The number of unbranched alkanes of at least 4 members (excludes halogenated alkanes) is 1. The molecule has 9 heteroatoms. The Balaban J connectivity index is 2.87. The fraction of sp³-hybridized carbons (Fsp3) is 0.500. The number of aromatic amines is 1. The van der Waals surface area contributed by atoms with Gasteiger partial charge in [-0.05, 0) is 6.42 Å². The molecule has 0 saturated heterocycles. The molecule has 0 fully saturated rings. The second-order valence-corrected chi connectivity index (χ2v) is 3.86. The van der Waals surface area contributed by atoms with Crippen molar-refractivity contribution in [2.24, 2.45) is 0 Å². The number of amides is 1. The van der Waals surface area contributed by atoms with Crippen LogP contribution in [-0.2, 0) is 11.3 Å². The predicted octanol–water partition coefficient (Wildman–Crippen LogP) is -0.639. The van der Waals surface area contributed by atoms with Crippen LogP contribution in [0, 0.1) is 10.1 Å². The van der Waals surface area contributed by atoms with Crippen molar-refractivity contribution in [2.75, 3.05) is 6.54 Å². The van der Waals surface area contributed by atoms with E-state index in [1.165, 1.54) is 0 Å². The molecule has 1 aromatic heterocycles. The van der Waals surface area contributed by atoms with Crippen molar-refractivity contribution in [3.8, 4) is 0 Å². The van der Waals surface area contributed by atoms with Crippen molar-refractivity contribution in [2.45, 2.75) is 26.3 Å². The monoisotopic (exact) mass is 270 g/mol. The first-order chi connectivity index (χ1) is 8.95. The van der Waals surface area contributed by atoms with Gasteiger partial charge in [0, 0.05) is 6.54 Å². The summed E-state index contributed by atoms with van der Waals surface area (Å²) in [5, 5.41) is 13.1. The van der Waals surface area contributed by atoms with Crippen LogP contribution in [0.2, 0.25) is 0 Å². The molecule has 9 nitrogen and oxygen atoms in total. The SMILES string of the molecule is CCCCNC(=O)Cn1cc([N+](=O)[O-])c(=O)[nH]c1=O. The molecule has 1 amide bonds. The summed E-state index contributed by atoms with van der Waals surface area (Å²) < 4.78 is 0.792. The highest BCUT2D eigenvalue weighted by atomic mass is 16.6. The van der Waals surface area contributed by atoms with E-state index in [4.69, 9.17) is 0 Å². The van der Waals surface area contributed by atoms with Gasteiger partial charge in [0.05, 0.1) is 11.1 Å². The topological polar surface area (TPSA) is 127 Å². The van der Waals surface area contributed by atoms with Crippen LogP contribution in [0.25, 0.3) is 0 Å². The van der Waals surface area contributed by atoms with Crippen molar-refractivity contribution >= 4 is 11.6 Å². The van der Waals surface area contributed by atoms with E-state index < -0.39 is 27.8 Å². The van der Waals surface area contributed by atoms with Crippen LogP contribution < -0.4 is 16.6 Å². The van der Waals surface area contributed by atoms with Gasteiger partial charge in [-0.1, -0.05) is 13.3 Å². The zero-order valence-corrected chi connectivity index (χ0v) is 10.3. The minimum absolute atomic E-state index is 0.375. The molecule has 0 bridgehead atoms. The van der Waals surface area contributed by atoms with Gasteiger partial charge in [-0.25, -0.2) is 4.79 Å². The zero-order chi connectivity index (χ0) is 14.4. The van der Waals surface area contributed by atoms with Gasteiger partial charge in [0.25, 0.3) is 0 Å². The average Bonchev–Trinajstić information content (AvgIpc) is 2.32. The molecule has 0 saturated carbocycles. The summed E-state index contributed by atoms with van der Waals surface area (Å²) in [5.41, 5.74) is -2.72. The molecule has 0 aliphatic carbocycles. The minimum Gasteiger partial charge on any atom is -0.355 e. The van der Waals surface area contributed by atoms with Crippen molar-refractivity contribution in [3.63, 3.8) is 0 Å². The lowest BCUT2D eigenvalue weighted by Crippen LogP contribution is -2.36. The van der Waals surface area contributed by atoms with Gasteiger partial charge in [-0.3, -0.25) is 29.3 Å². The quantitative estimate of drug-likeness (QED) is 0.404. The summed E-state index contributed by atoms with van der Waals surface area (Å²) in [6, 6.07) is 0. The lowest BCUT2D eigenvalue weighted by atomic mass is 10.3. The fourth-order valence-electron chi connectivity index (χ4n) is 1.36. The molecule has 19 heavy (non-hydrogen) atoms. The third-order valence-corrected chi connectivity index (χ3v) is 2.36. The number of nitrogens with one attached hydrogen (secondary N) is 2. The predicted molar refractivity (Wildman–Crippen MR) is 65.9 cm³/mol. The third kappa shape index (κ3) is 4.05. The van der Waals surface area contributed by atoms with Crippen molar-refractivity contribution in [1.82, 2.24) is 14.9 Å². The minimum atomic E-state index is -1.09. The first-order valence-electron chi connectivity index (χ1n) is 5.70. The Morgan fingerprint density at radius 2 is 2.21 bits per heavy atom. The summed E-state index contributed by atoms with van der Waals surface area (Å²) in [7, 11) is 0. The largest absolute Gasteiger partial charge is 0.355 e. The summed E-state index contributed by atoms with van der Waals surface area (Å²) in [4.78, 5) is 45.4. The molecular weight excluding hydrogens is 256 g/mol. The molecule has 0 aliphatic rings. The highest BCUT2D eigenvalue weighted by Crippen LogP contribution is 1.98. The Morgan fingerprint density at radius 3 is 2.79 bits per heavy atom. The Kier molecular flexibility index (Phi) is 4.98. The second-order valence-electron chi connectivity index (χ2n) is 3.86. The van der Waals surface area contributed by atoms with Crippen LogP contribution in [0.15, 0.2) is 15.8 Å². The van der Waals surface area contributed by atoms with E-state index >= 15 is 0 Å². The lowest BCUT2D eigenvalue weighted by molar-refractivity contribution is -0.386. The number of hydrogen-bond acceptors (Lipinski definition) is 5. The lowest BCUT2D eigenvalue weighted by Gasteiger charge is -2.05. The van der Waals surface area contributed by atoms with E-state index in [0.29, 0.717) is 6.54 Å². The first-order valence-corrected chi connectivity index (χ1v) is 5.70. The van der Waals surface area contributed by atoms with Gasteiger partial charge in [0.15, 0.2) is 0 Å². The number of hydrogen-bond donors (Lipinski definition) is 2. The molecule has 1 aromatic rings. The van der Waals surface area contributed by atoms with Crippen LogP contribution in [0.1, 0.15) is 19.8 Å². The number of rotatable bonds is 6. The van der Waals surface area contributed by atoms with Crippen molar-refractivity contribution in [1.29, 1.82) is 0 Å². The summed E-state index contributed by atoms with van der Waals surface area (Å²) >= 11 is 0. The van der Waals surface area contributed by atoms with Gasteiger partial charge < -0.3 is 5.32 Å². The van der Waals surface area contributed by atoms with Gasteiger partial charge in [0.1, 0.15) is 6.54 Å². The van der Waals surface area contributed by atoms with Crippen molar-refractivity contribution < 1.29 is 9.72 Å². The highest BCUT2D eigenvalue weighted by molar-refractivity contribution is 5.75. The van der Waals surface area contributed by atoms with E-state index in [0.717, 1.165) is 23.6 Å². The van der Waals surface area contributed by atoms with E-state index in [1.807, 2.05) is 6.92 Å². The van der Waals surface area contributed by atoms with Gasteiger partial charge in [-0.2, -0.15) is 0 Å². The molecular formula is C10H14N4O5. The van der Waals surface area contributed by atoms with Gasteiger partial charge >= 0.3 is 16.9 Å². The second kappa shape index (κ2) is 6.47. The molecule has 0 spiro atoms. The molecule has 0 unspecified atom stereocenters. The number of carbonyl (C=O) groups excluding carboxylic acids is 1. The molecule has 0 aromatic carbocycles. The molecule has 104 valence electrons. The van der Waals surface area contributed by atoms with Crippen LogP contribution in [-0.4, -0.2) is 26.9 Å². The molecule has 0 atom stereocenters. The van der Waals surface area contributed by atoms with Gasteiger partial charge in [0.2, 0.25) is 5.91 Å². The smallest absolute Gasteiger partial charge is 0.350 e. The van der Waals surface area contributed by atoms with Gasteiger partial charge in [-0.15, -0.1) is 0 Å². The Labute approximate surface area is 107 Å². The normalized spacial score (nSPS) is 10.2. The number of nitrogens with zero attached hydrogens (tertiary/aromatic N) is 2. The number of carbonyl (C=O) groups is 1. The highest BCUT2D eigenvalue weighted by Gasteiger charge is 2.15. The van der Waals surface area contributed by atoms with Crippen LogP contribution in [0.3, 0.4) is 0 Å². The number of nitro groups is 1. The molecule has 1 heterocycles. The van der Waals surface area contributed by atoms with E-state index in [2.05, 4.69) is 5.32 Å². The Bertz CT molecular complexity index is 588.